The van der Waals surface area contributed by atoms with Gasteiger partial charge in [0.05, 0.1) is 27.1 Å². The molecule has 0 N–H and O–H groups in total. The van der Waals surface area contributed by atoms with E-state index in [1.807, 2.05) is 0 Å². The number of halogens is 4. The number of ether oxygens (including phenoxy) is 1. The molecule has 2 rings (SSSR count). The number of alkyl halides is 3. The van der Waals surface area contributed by atoms with Gasteiger partial charge in [0.15, 0.2) is 0 Å². The Hall–Kier alpha value is -1.67. The fourth-order valence-corrected chi connectivity index (χ4v) is 3.82. The molecule has 26 heavy (non-hydrogen) atoms. The van der Waals surface area contributed by atoms with Crippen LogP contribution in [0.1, 0.15) is 5.56 Å². The quantitative estimate of drug-likeness (QED) is 0.367. The first kappa shape index (κ1) is 20.6. The zero-order chi connectivity index (χ0) is 19.7. The summed E-state index contributed by atoms with van der Waals surface area (Å²) in [4.78, 5) is 10.6. The van der Waals surface area contributed by atoms with Crippen LogP contribution in [0.3, 0.4) is 0 Å². The normalized spacial score (nSPS) is 13.9. The summed E-state index contributed by atoms with van der Waals surface area (Å²) in [6, 6.07) is 6.49. The van der Waals surface area contributed by atoms with E-state index in [9.17, 15) is 23.3 Å². The molecule has 0 aliphatic rings. The van der Waals surface area contributed by atoms with Crippen LogP contribution in [0, 0.1) is 10.1 Å². The Morgan fingerprint density at radius 2 is 1.88 bits per heavy atom. The van der Waals surface area contributed by atoms with Crippen LogP contribution in [-0.4, -0.2) is 18.7 Å². The fourth-order valence-electron chi connectivity index (χ4n) is 2.03. The maximum absolute atomic E-state index is 12.7. The lowest BCUT2D eigenvalue weighted by atomic mass is 10.2. The average molecular weight is 426 g/mol. The van der Waals surface area contributed by atoms with Gasteiger partial charge in [0.25, 0.3) is 5.69 Å². The number of hydrogen-bond donors (Lipinski definition) is 0. The van der Waals surface area contributed by atoms with Crippen molar-refractivity contribution in [3.63, 3.8) is 0 Å². The lowest BCUT2D eigenvalue weighted by molar-refractivity contribution is -0.383. The molecule has 0 aliphatic carbocycles. The van der Waals surface area contributed by atoms with Crippen molar-refractivity contribution in [1.82, 2.24) is 0 Å². The lowest BCUT2D eigenvalue weighted by Gasteiger charge is -2.16. The fraction of sp³-hybridized carbons (Fsp3) is 0.200. The third kappa shape index (κ3) is 4.54. The Kier molecular flexibility index (Phi) is 5.97. The van der Waals surface area contributed by atoms with Crippen LogP contribution in [0.25, 0.3) is 0 Å². The largest absolute Gasteiger partial charge is 0.456 e. The number of nitro benzene ring substituents is 1. The molecule has 2 aromatic rings. The van der Waals surface area contributed by atoms with E-state index in [0.717, 1.165) is 18.2 Å². The second kappa shape index (κ2) is 7.52. The highest BCUT2D eigenvalue weighted by atomic mass is 35.5. The minimum atomic E-state index is -4.53. The number of hydrogen-bond acceptors (Lipinski definition) is 5. The smallest absolute Gasteiger partial charge is 0.416 e. The zero-order valence-corrected chi connectivity index (χ0v) is 15.9. The number of nitrogens with zero attached hydrogens (tertiary/aromatic N) is 1. The van der Waals surface area contributed by atoms with E-state index in [2.05, 4.69) is 0 Å². The van der Waals surface area contributed by atoms with Gasteiger partial charge in [0.2, 0.25) is 0 Å². The molecule has 0 spiro atoms. The third-order valence-corrected chi connectivity index (χ3v) is 6.68. The predicted octanol–water partition coefficient (Wildman–Crippen LogP) is 5.36. The molecule has 0 aliphatic heterocycles. The highest BCUT2D eigenvalue weighted by molar-refractivity contribution is 8.15. The molecule has 1 unspecified atom stereocenters. The van der Waals surface area contributed by atoms with Crippen molar-refractivity contribution in [2.24, 2.45) is 0 Å². The molecule has 2 aromatic carbocycles. The van der Waals surface area contributed by atoms with Gasteiger partial charge in [-0.3, -0.25) is 10.1 Å². The summed E-state index contributed by atoms with van der Waals surface area (Å²) in [6.07, 6.45) is -7.19. The van der Waals surface area contributed by atoms with Gasteiger partial charge in [-0.15, -0.1) is 0 Å². The van der Waals surface area contributed by atoms with Crippen molar-refractivity contribution in [3.05, 3.63) is 57.1 Å². The number of nitro groups is 1. The Morgan fingerprint density at radius 3 is 2.38 bits per heavy atom. The first-order chi connectivity index (χ1) is 12.0. The second-order valence-electron chi connectivity index (χ2n) is 5.18. The summed E-state index contributed by atoms with van der Waals surface area (Å²) in [5.41, 5.74) is -1.13. The van der Waals surface area contributed by atoms with Crippen LogP contribution < -0.4 is 10.0 Å². The number of rotatable bonds is 5. The van der Waals surface area contributed by atoms with Crippen LogP contribution in [0.4, 0.5) is 18.9 Å². The Labute approximate surface area is 156 Å². The van der Waals surface area contributed by atoms with E-state index >= 15 is 0 Å². The molecule has 0 aromatic heterocycles. The summed E-state index contributed by atoms with van der Waals surface area (Å²) in [5.74, 6) is 0.113. The molecule has 0 fully saturated rings. The van der Waals surface area contributed by atoms with Gasteiger partial charge in [-0.2, -0.15) is 13.2 Å². The molecule has 0 bridgehead atoms. The molecule has 0 saturated carbocycles. The van der Waals surface area contributed by atoms with Crippen molar-refractivity contribution < 1.29 is 27.4 Å². The van der Waals surface area contributed by atoms with Gasteiger partial charge in [0, 0.05) is 13.2 Å². The minimum absolute atomic E-state index is 0.0266. The highest BCUT2D eigenvalue weighted by Gasteiger charge is 2.31. The lowest BCUT2D eigenvalue weighted by Crippen LogP contribution is -2.11. The minimum Gasteiger partial charge on any atom is -0.456 e. The molecule has 11 heteroatoms. The van der Waals surface area contributed by atoms with Gasteiger partial charge in [-0.05, 0) is 37.0 Å². The van der Waals surface area contributed by atoms with Crippen LogP contribution >= 0.6 is 17.9 Å². The van der Waals surface area contributed by atoms with Gasteiger partial charge in [-0.25, -0.2) is 0 Å². The van der Waals surface area contributed by atoms with Gasteiger partial charge in [0.1, 0.15) is 11.5 Å². The van der Waals surface area contributed by atoms with Crippen LogP contribution in [0.5, 0.6) is 11.5 Å². The maximum Gasteiger partial charge on any atom is 0.416 e. The summed E-state index contributed by atoms with van der Waals surface area (Å²) in [5, 5.41) is 11.1. The van der Waals surface area contributed by atoms with E-state index in [1.165, 1.54) is 25.3 Å². The molecule has 1 atom stereocenters. The van der Waals surface area contributed by atoms with Gasteiger partial charge < -0.3 is 9.26 Å². The van der Waals surface area contributed by atoms with Crippen LogP contribution in [0.15, 0.2) is 36.4 Å². The first-order valence-electron chi connectivity index (χ1n) is 6.92. The SMILES string of the molecule is COP(C)(=S)c1cc(Oc2ccc(C(F)(F)F)cc2Cl)ccc1[N+](=O)[O-]. The number of benzene rings is 2. The topological polar surface area (TPSA) is 61.6 Å². The molecule has 0 amide bonds. The maximum atomic E-state index is 12.7. The third-order valence-electron chi connectivity index (χ3n) is 3.42. The van der Waals surface area contributed by atoms with E-state index in [-0.39, 0.29) is 27.5 Å². The highest BCUT2D eigenvalue weighted by Crippen LogP contribution is 2.45. The van der Waals surface area contributed by atoms with Crippen molar-refractivity contribution in [2.45, 2.75) is 6.18 Å². The Balaban J connectivity index is 2.44. The second-order valence-corrected chi connectivity index (χ2v) is 10.2. The molecular weight excluding hydrogens is 414 g/mol. The van der Waals surface area contributed by atoms with Crippen molar-refractivity contribution in [2.75, 3.05) is 13.8 Å². The zero-order valence-electron chi connectivity index (χ0n) is 13.4. The van der Waals surface area contributed by atoms with Crippen molar-refractivity contribution in [3.8, 4) is 11.5 Å². The Bertz CT molecular complexity index is 907. The molecule has 5 nitrogen and oxygen atoms in total. The predicted molar refractivity (Wildman–Crippen MR) is 96.5 cm³/mol. The van der Waals surface area contributed by atoms with Crippen LogP contribution in [-0.2, 0) is 22.5 Å². The summed E-state index contributed by atoms with van der Waals surface area (Å²) in [7, 11) is 1.35. The monoisotopic (exact) mass is 425 g/mol. The standard InChI is InChI=1S/C15H12ClF3NO4PS/c1-23-25(2,26)14-8-10(4-5-12(14)20(21)22)24-13-6-3-9(7-11(13)16)15(17,18)19/h3-8H,1-2H3. The summed E-state index contributed by atoms with van der Waals surface area (Å²) < 4.78 is 48.8. The van der Waals surface area contributed by atoms with Crippen molar-refractivity contribution >= 4 is 40.7 Å². The van der Waals surface area contributed by atoms with Gasteiger partial charge in [-0.1, -0.05) is 23.4 Å². The molecule has 140 valence electrons. The Morgan fingerprint density at radius 1 is 1.23 bits per heavy atom. The summed E-state index contributed by atoms with van der Waals surface area (Å²) in [6.45, 7) is 1.57. The van der Waals surface area contributed by atoms with Crippen LogP contribution in [0.2, 0.25) is 5.02 Å². The molecular formula is C15H12ClF3NO4PS. The molecule has 0 radical (unpaired) electrons. The van der Waals surface area contributed by atoms with Gasteiger partial charge >= 0.3 is 6.18 Å². The van der Waals surface area contributed by atoms with E-state index in [4.69, 9.17) is 32.7 Å². The van der Waals surface area contributed by atoms with E-state index in [0.29, 0.717) is 0 Å². The first-order valence-corrected chi connectivity index (χ1v) is 10.5. The van der Waals surface area contributed by atoms with E-state index in [1.54, 1.807) is 6.66 Å². The summed E-state index contributed by atoms with van der Waals surface area (Å²) >= 11 is 11.2. The molecule has 0 saturated heterocycles. The van der Waals surface area contributed by atoms with Crippen molar-refractivity contribution in [1.29, 1.82) is 0 Å². The average Bonchev–Trinajstić information content (AvgIpc) is 2.55. The van der Waals surface area contributed by atoms with E-state index < -0.39 is 22.9 Å². The molecule has 0 heterocycles.